The van der Waals surface area contributed by atoms with Crippen LogP contribution in [-0.2, 0) is 14.4 Å². The molecular formula is C17H24N2O3. The number of rotatable bonds is 3. The summed E-state index contributed by atoms with van der Waals surface area (Å²) in [7, 11) is 0. The third kappa shape index (κ3) is 2.81. The second-order valence-corrected chi connectivity index (χ2v) is 6.80. The minimum atomic E-state index is -0.244. The highest BCUT2D eigenvalue weighted by Gasteiger charge is 2.39. The van der Waals surface area contributed by atoms with Crippen LogP contribution in [0.25, 0.3) is 0 Å². The van der Waals surface area contributed by atoms with Gasteiger partial charge in [0, 0.05) is 17.2 Å². The lowest BCUT2D eigenvalue weighted by atomic mass is 9.86. The van der Waals surface area contributed by atoms with Crippen LogP contribution in [0.1, 0.15) is 58.3 Å². The van der Waals surface area contributed by atoms with Crippen LogP contribution in [-0.4, -0.2) is 35.2 Å². The Bertz CT molecular complexity index is 510. The van der Waals surface area contributed by atoms with E-state index in [9.17, 15) is 14.4 Å². The summed E-state index contributed by atoms with van der Waals surface area (Å²) in [6, 6.07) is 0.177. The first-order valence-electron chi connectivity index (χ1n) is 8.45. The summed E-state index contributed by atoms with van der Waals surface area (Å²) in [6.45, 7) is 2.02. The summed E-state index contributed by atoms with van der Waals surface area (Å²) in [5, 5.41) is 3.01. The maximum Gasteiger partial charge on any atom is 0.257 e. The molecule has 2 aliphatic carbocycles. The molecule has 22 heavy (non-hydrogen) atoms. The predicted octanol–water partition coefficient (Wildman–Crippen LogP) is 1.92. The van der Waals surface area contributed by atoms with Crippen LogP contribution in [0, 0.1) is 5.92 Å². The van der Waals surface area contributed by atoms with Crippen molar-refractivity contribution in [3.63, 3.8) is 0 Å². The van der Waals surface area contributed by atoms with E-state index < -0.39 is 0 Å². The quantitative estimate of drug-likeness (QED) is 0.810. The molecule has 0 aromatic carbocycles. The van der Waals surface area contributed by atoms with Crippen molar-refractivity contribution in [2.45, 2.75) is 64.3 Å². The van der Waals surface area contributed by atoms with E-state index in [0.29, 0.717) is 29.9 Å². The molecule has 5 nitrogen and oxygen atoms in total. The number of imide groups is 1. The molecule has 0 radical (unpaired) electrons. The Morgan fingerprint density at radius 2 is 1.64 bits per heavy atom. The molecule has 3 rings (SSSR count). The zero-order chi connectivity index (χ0) is 15.7. The van der Waals surface area contributed by atoms with Gasteiger partial charge >= 0.3 is 0 Å². The van der Waals surface area contributed by atoms with Crippen LogP contribution >= 0.6 is 0 Å². The Labute approximate surface area is 131 Å². The van der Waals surface area contributed by atoms with Crippen LogP contribution in [0.5, 0.6) is 0 Å². The Kier molecular flexibility index (Phi) is 4.32. The van der Waals surface area contributed by atoms with E-state index in [1.54, 1.807) is 0 Å². The van der Waals surface area contributed by atoms with Crippen molar-refractivity contribution >= 4 is 17.7 Å². The number of hydrogen-bond donors (Lipinski definition) is 1. The van der Waals surface area contributed by atoms with E-state index in [4.69, 9.17) is 0 Å². The van der Waals surface area contributed by atoms with Crippen molar-refractivity contribution in [2.24, 2.45) is 5.92 Å². The number of nitrogens with one attached hydrogen (secondary N) is 1. The first kappa shape index (κ1) is 15.3. The minimum Gasteiger partial charge on any atom is -0.352 e. The molecule has 1 saturated carbocycles. The first-order chi connectivity index (χ1) is 10.6. The number of carbonyl (C=O) groups excluding carboxylic acids is 3. The van der Waals surface area contributed by atoms with Gasteiger partial charge in [-0.1, -0.05) is 19.8 Å². The molecule has 120 valence electrons. The highest BCUT2D eigenvalue weighted by Crippen LogP contribution is 2.32. The van der Waals surface area contributed by atoms with Crippen LogP contribution in [0.3, 0.4) is 0 Å². The van der Waals surface area contributed by atoms with E-state index >= 15 is 0 Å². The van der Waals surface area contributed by atoms with Gasteiger partial charge in [-0.3, -0.25) is 19.3 Å². The molecular weight excluding hydrogens is 280 g/mol. The molecule has 3 amide bonds. The minimum absolute atomic E-state index is 0.131. The smallest absolute Gasteiger partial charge is 0.257 e. The monoisotopic (exact) mass is 304 g/mol. The fourth-order valence-corrected chi connectivity index (χ4v) is 3.87. The number of nitrogens with zero attached hydrogens (tertiary/aromatic N) is 1. The topological polar surface area (TPSA) is 66.5 Å². The molecule has 1 heterocycles. The van der Waals surface area contributed by atoms with E-state index in [1.807, 2.05) is 0 Å². The van der Waals surface area contributed by atoms with Crippen molar-refractivity contribution in [2.75, 3.05) is 6.54 Å². The SMILES string of the molecule is CC1CCCCC1NC(=O)CN1C(=O)C2=C(CCCC2)C1=O. The van der Waals surface area contributed by atoms with E-state index in [1.165, 1.54) is 6.42 Å². The molecule has 3 aliphatic rings. The maximum absolute atomic E-state index is 12.3. The van der Waals surface area contributed by atoms with Gasteiger partial charge in [0.15, 0.2) is 0 Å². The normalized spacial score (nSPS) is 28.9. The maximum atomic E-state index is 12.3. The van der Waals surface area contributed by atoms with Gasteiger partial charge in [0.05, 0.1) is 0 Å². The van der Waals surface area contributed by atoms with Gasteiger partial charge in [-0.15, -0.1) is 0 Å². The lowest BCUT2D eigenvalue weighted by molar-refractivity contribution is -0.142. The van der Waals surface area contributed by atoms with Crippen LogP contribution < -0.4 is 5.32 Å². The van der Waals surface area contributed by atoms with Crippen LogP contribution in [0.15, 0.2) is 11.1 Å². The van der Waals surface area contributed by atoms with Crippen LogP contribution in [0.4, 0.5) is 0 Å². The lowest BCUT2D eigenvalue weighted by Crippen LogP contribution is -2.47. The Hall–Kier alpha value is -1.65. The predicted molar refractivity (Wildman–Crippen MR) is 81.8 cm³/mol. The molecule has 1 N–H and O–H groups in total. The summed E-state index contributed by atoms with van der Waals surface area (Å²) in [5.74, 6) is -0.229. The number of amides is 3. The molecule has 2 atom stereocenters. The summed E-state index contributed by atoms with van der Waals surface area (Å²) in [5.41, 5.74) is 1.30. The average molecular weight is 304 g/mol. The molecule has 0 bridgehead atoms. The zero-order valence-electron chi connectivity index (χ0n) is 13.2. The highest BCUT2D eigenvalue weighted by atomic mass is 16.2. The zero-order valence-corrected chi connectivity index (χ0v) is 13.2. The highest BCUT2D eigenvalue weighted by molar-refractivity contribution is 6.20. The summed E-state index contributed by atoms with van der Waals surface area (Å²) >= 11 is 0. The van der Waals surface area contributed by atoms with E-state index in [-0.39, 0.29) is 30.3 Å². The second-order valence-electron chi connectivity index (χ2n) is 6.80. The molecule has 0 aromatic heterocycles. The molecule has 2 unspecified atom stereocenters. The van der Waals surface area contributed by atoms with Crippen LogP contribution in [0.2, 0.25) is 0 Å². The van der Waals surface area contributed by atoms with Gasteiger partial charge in [-0.2, -0.15) is 0 Å². The van der Waals surface area contributed by atoms with Gasteiger partial charge in [0.25, 0.3) is 11.8 Å². The van der Waals surface area contributed by atoms with Gasteiger partial charge in [-0.25, -0.2) is 0 Å². The van der Waals surface area contributed by atoms with Crippen molar-refractivity contribution in [1.82, 2.24) is 10.2 Å². The third-order valence-electron chi connectivity index (χ3n) is 5.23. The van der Waals surface area contributed by atoms with Crippen molar-refractivity contribution in [1.29, 1.82) is 0 Å². The van der Waals surface area contributed by atoms with Crippen molar-refractivity contribution in [3.8, 4) is 0 Å². The fraction of sp³-hybridized carbons (Fsp3) is 0.706. The molecule has 1 fully saturated rings. The lowest BCUT2D eigenvalue weighted by Gasteiger charge is -2.30. The van der Waals surface area contributed by atoms with Crippen molar-refractivity contribution in [3.05, 3.63) is 11.1 Å². The number of carbonyl (C=O) groups is 3. The molecule has 0 saturated heterocycles. The summed E-state index contributed by atoms with van der Waals surface area (Å²) in [4.78, 5) is 38.0. The van der Waals surface area contributed by atoms with E-state index in [0.717, 1.165) is 37.0 Å². The Balaban J connectivity index is 1.60. The van der Waals surface area contributed by atoms with Crippen molar-refractivity contribution < 1.29 is 14.4 Å². The standard InChI is InChI=1S/C17H24N2O3/c1-11-6-2-5-9-14(11)18-15(20)10-19-16(21)12-7-3-4-8-13(12)17(19)22/h11,14H,2-10H2,1H3,(H,18,20). The molecule has 5 heteroatoms. The first-order valence-corrected chi connectivity index (χ1v) is 8.45. The average Bonchev–Trinajstić information content (AvgIpc) is 2.75. The van der Waals surface area contributed by atoms with Gasteiger partial charge < -0.3 is 5.32 Å². The Morgan fingerprint density at radius 3 is 2.23 bits per heavy atom. The second kappa shape index (κ2) is 6.23. The van der Waals surface area contributed by atoms with Gasteiger partial charge in [0.1, 0.15) is 6.54 Å². The third-order valence-corrected chi connectivity index (χ3v) is 5.23. The Morgan fingerprint density at radius 1 is 1.05 bits per heavy atom. The van der Waals surface area contributed by atoms with Gasteiger partial charge in [0.2, 0.25) is 5.91 Å². The van der Waals surface area contributed by atoms with Gasteiger partial charge in [-0.05, 0) is 44.4 Å². The molecule has 1 aliphatic heterocycles. The fourth-order valence-electron chi connectivity index (χ4n) is 3.87. The largest absolute Gasteiger partial charge is 0.352 e. The summed E-state index contributed by atoms with van der Waals surface area (Å²) < 4.78 is 0. The van der Waals surface area contributed by atoms with E-state index in [2.05, 4.69) is 12.2 Å². The molecule has 0 aromatic rings. The summed E-state index contributed by atoms with van der Waals surface area (Å²) in [6.07, 6.45) is 7.73. The number of hydrogen-bond acceptors (Lipinski definition) is 3. The molecule has 0 spiro atoms.